The molecule has 0 aliphatic heterocycles. The van der Waals surface area contributed by atoms with Gasteiger partial charge in [0.25, 0.3) is 0 Å². The predicted molar refractivity (Wildman–Crippen MR) is 76.1 cm³/mol. The lowest BCUT2D eigenvalue weighted by atomic mass is 9.78. The van der Waals surface area contributed by atoms with Crippen LogP contribution in [0.5, 0.6) is 0 Å². The highest BCUT2D eigenvalue weighted by molar-refractivity contribution is 5.27. The average molecular weight is 233 g/mol. The molecule has 1 aromatic rings. The molecular formula is C16H27N. The maximum absolute atomic E-state index is 6.34. The van der Waals surface area contributed by atoms with Crippen molar-refractivity contribution < 1.29 is 0 Å². The summed E-state index contributed by atoms with van der Waals surface area (Å²) in [6.07, 6.45) is 2.28. The van der Waals surface area contributed by atoms with Crippen LogP contribution in [-0.2, 0) is 0 Å². The zero-order valence-corrected chi connectivity index (χ0v) is 12.0. The van der Waals surface area contributed by atoms with Gasteiger partial charge in [-0.2, -0.15) is 0 Å². The van der Waals surface area contributed by atoms with Gasteiger partial charge < -0.3 is 5.73 Å². The van der Waals surface area contributed by atoms with Crippen LogP contribution in [0.15, 0.2) is 24.3 Å². The van der Waals surface area contributed by atoms with Gasteiger partial charge in [0.2, 0.25) is 0 Å². The molecule has 17 heavy (non-hydrogen) atoms. The van der Waals surface area contributed by atoms with Gasteiger partial charge in [-0.05, 0) is 35.3 Å². The standard InChI is InChI=1S/C16H27N/c1-6-12(3)13-8-10-14(11-9-13)15(17)16(4,5)7-2/h8-12,15H,6-7,17H2,1-5H3. The van der Waals surface area contributed by atoms with Crippen LogP contribution in [0.2, 0.25) is 0 Å². The molecule has 0 saturated heterocycles. The van der Waals surface area contributed by atoms with E-state index in [-0.39, 0.29) is 11.5 Å². The van der Waals surface area contributed by atoms with Crippen LogP contribution >= 0.6 is 0 Å². The minimum Gasteiger partial charge on any atom is -0.324 e. The third-order valence-electron chi connectivity index (χ3n) is 4.23. The van der Waals surface area contributed by atoms with Crippen molar-refractivity contribution in [1.29, 1.82) is 0 Å². The third kappa shape index (κ3) is 3.32. The lowest BCUT2D eigenvalue weighted by molar-refractivity contribution is 0.278. The zero-order chi connectivity index (χ0) is 13.1. The summed E-state index contributed by atoms with van der Waals surface area (Å²) >= 11 is 0. The summed E-state index contributed by atoms with van der Waals surface area (Å²) in [4.78, 5) is 0. The van der Waals surface area contributed by atoms with E-state index < -0.39 is 0 Å². The molecule has 1 heteroatoms. The van der Waals surface area contributed by atoms with E-state index in [4.69, 9.17) is 5.73 Å². The highest BCUT2D eigenvalue weighted by Gasteiger charge is 2.25. The lowest BCUT2D eigenvalue weighted by Crippen LogP contribution is -2.28. The van der Waals surface area contributed by atoms with Crippen LogP contribution in [-0.4, -0.2) is 0 Å². The van der Waals surface area contributed by atoms with E-state index in [2.05, 4.69) is 58.9 Å². The first-order valence-electron chi connectivity index (χ1n) is 6.77. The smallest absolute Gasteiger partial charge is 0.0346 e. The minimum atomic E-state index is 0.124. The van der Waals surface area contributed by atoms with Crippen LogP contribution in [0.25, 0.3) is 0 Å². The predicted octanol–water partition coefficient (Wildman–Crippen LogP) is 4.64. The fourth-order valence-corrected chi connectivity index (χ4v) is 1.94. The molecule has 1 nitrogen and oxygen atoms in total. The number of benzene rings is 1. The molecule has 0 spiro atoms. The van der Waals surface area contributed by atoms with Gasteiger partial charge in [0.1, 0.15) is 0 Å². The summed E-state index contributed by atoms with van der Waals surface area (Å²) in [7, 11) is 0. The maximum Gasteiger partial charge on any atom is 0.0346 e. The number of hydrogen-bond acceptors (Lipinski definition) is 1. The van der Waals surface area contributed by atoms with Crippen LogP contribution in [0, 0.1) is 5.41 Å². The first kappa shape index (κ1) is 14.2. The average Bonchev–Trinajstić information content (AvgIpc) is 2.37. The largest absolute Gasteiger partial charge is 0.324 e. The van der Waals surface area contributed by atoms with Crippen LogP contribution in [0.4, 0.5) is 0 Å². The molecular weight excluding hydrogens is 206 g/mol. The summed E-state index contributed by atoms with van der Waals surface area (Å²) < 4.78 is 0. The zero-order valence-electron chi connectivity index (χ0n) is 12.0. The van der Waals surface area contributed by atoms with E-state index in [0.29, 0.717) is 5.92 Å². The van der Waals surface area contributed by atoms with Gasteiger partial charge in [-0.3, -0.25) is 0 Å². The Balaban J connectivity index is 2.88. The molecule has 0 aliphatic rings. The monoisotopic (exact) mass is 233 g/mol. The molecule has 96 valence electrons. The van der Waals surface area contributed by atoms with Crippen molar-refractivity contribution in [3.63, 3.8) is 0 Å². The SMILES string of the molecule is CCC(C)c1ccc(C(N)C(C)(C)CC)cc1. The van der Waals surface area contributed by atoms with Gasteiger partial charge in [0.15, 0.2) is 0 Å². The Morgan fingerprint density at radius 3 is 1.94 bits per heavy atom. The van der Waals surface area contributed by atoms with E-state index >= 15 is 0 Å². The Morgan fingerprint density at radius 1 is 1.06 bits per heavy atom. The summed E-state index contributed by atoms with van der Waals surface area (Å²) in [5.41, 5.74) is 9.17. The highest BCUT2D eigenvalue weighted by atomic mass is 14.7. The number of hydrogen-bond donors (Lipinski definition) is 1. The lowest BCUT2D eigenvalue weighted by Gasteiger charge is -2.31. The number of rotatable bonds is 5. The van der Waals surface area contributed by atoms with Crippen LogP contribution in [0.3, 0.4) is 0 Å². The van der Waals surface area contributed by atoms with Crippen molar-refractivity contribution in [2.45, 2.75) is 59.4 Å². The summed E-state index contributed by atoms with van der Waals surface area (Å²) in [5.74, 6) is 0.638. The van der Waals surface area contributed by atoms with E-state index in [1.165, 1.54) is 17.5 Å². The molecule has 0 aliphatic carbocycles. The van der Waals surface area contributed by atoms with Gasteiger partial charge in [0, 0.05) is 6.04 Å². The first-order chi connectivity index (χ1) is 7.92. The molecule has 1 rings (SSSR count). The summed E-state index contributed by atoms with van der Waals surface area (Å²) in [5, 5.41) is 0. The van der Waals surface area contributed by atoms with Crippen molar-refractivity contribution in [2.24, 2.45) is 11.1 Å². The molecule has 2 atom stereocenters. The van der Waals surface area contributed by atoms with Gasteiger partial charge in [-0.25, -0.2) is 0 Å². The molecule has 1 aromatic carbocycles. The Bertz CT molecular complexity index is 337. The van der Waals surface area contributed by atoms with E-state index in [1.807, 2.05) is 0 Å². The van der Waals surface area contributed by atoms with E-state index in [0.717, 1.165) is 6.42 Å². The molecule has 0 heterocycles. The van der Waals surface area contributed by atoms with E-state index in [9.17, 15) is 0 Å². The topological polar surface area (TPSA) is 26.0 Å². The molecule has 0 amide bonds. The van der Waals surface area contributed by atoms with Crippen molar-refractivity contribution in [2.75, 3.05) is 0 Å². The van der Waals surface area contributed by atoms with Gasteiger partial charge in [-0.1, -0.05) is 58.9 Å². The van der Waals surface area contributed by atoms with Crippen LogP contribution < -0.4 is 5.73 Å². The summed E-state index contributed by atoms with van der Waals surface area (Å²) in [6, 6.07) is 8.98. The highest BCUT2D eigenvalue weighted by Crippen LogP contribution is 2.34. The normalized spacial score (nSPS) is 15.6. The molecule has 0 saturated carbocycles. The number of nitrogens with two attached hydrogens (primary N) is 1. The maximum atomic E-state index is 6.34. The fourth-order valence-electron chi connectivity index (χ4n) is 1.94. The Hall–Kier alpha value is -0.820. The molecule has 0 fully saturated rings. The second kappa shape index (κ2) is 5.68. The first-order valence-corrected chi connectivity index (χ1v) is 6.77. The molecule has 0 aromatic heterocycles. The Labute approximate surface area is 106 Å². The van der Waals surface area contributed by atoms with E-state index in [1.54, 1.807) is 0 Å². The second-order valence-electron chi connectivity index (χ2n) is 5.80. The van der Waals surface area contributed by atoms with Gasteiger partial charge in [0.05, 0.1) is 0 Å². The quantitative estimate of drug-likeness (QED) is 0.788. The summed E-state index contributed by atoms with van der Waals surface area (Å²) in [6.45, 7) is 11.2. The Kier molecular flexibility index (Phi) is 4.76. The van der Waals surface area contributed by atoms with Crippen molar-refractivity contribution in [1.82, 2.24) is 0 Å². The van der Waals surface area contributed by atoms with Crippen LogP contribution in [0.1, 0.15) is 70.5 Å². The van der Waals surface area contributed by atoms with Gasteiger partial charge in [-0.15, -0.1) is 0 Å². The van der Waals surface area contributed by atoms with Gasteiger partial charge >= 0.3 is 0 Å². The Morgan fingerprint density at radius 2 is 1.53 bits per heavy atom. The minimum absolute atomic E-state index is 0.124. The molecule has 0 radical (unpaired) electrons. The molecule has 0 bridgehead atoms. The van der Waals surface area contributed by atoms with Crippen molar-refractivity contribution in [3.8, 4) is 0 Å². The second-order valence-corrected chi connectivity index (χ2v) is 5.80. The molecule has 2 unspecified atom stereocenters. The van der Waals surface area contributed by atoms with Crippen molar-refractivity contribution in [3.05, 3.63) is 35.4 Å². The molecule has 2 N–H and O–H groups in total. The van der Waals surface area contributed by atoms with Crippen molar-refractivity contribution >= 4 is 0 Å². The fraction of sp³-hybridized carbons (Fsp3) is 0.625. The third-order valence-corrected chi connectivity index (χ3v) is 4.23.